The van der Waals surface area contributed by atoms with Gasteiger partial charge in [0.2, 0.25) is 9.84 Å². The Bertz CT molecular complexity index is 896. The molecule has 0 fully saturated rings. The molecule has 0 aliphatic carbocycles. The average Bonchev–Trinajstić information content (AvgIpc) is 2.59. The molecule has 0 spiro atoms. The Morgan fingerprint density at radius 3 is 2.29 bits per heavy atom. The Hall–Kier alpha value is -3.11. The zero-order valence-corrected chi connectivity index (χ0v) is 13.4. The molecule has 0 unspecified atom stereocenters. The maximum Gasteiger partial charge on any atom is 0.255 e. The van der Waals surface area contributed by atoms with E-state index in [1.54, 1.807) is 48.5 Å². The third-order valence-electron chi connectivity index (χ3n) is 3.01. The Kier molecular flexibility index (Phi) is 5.35. The van der Waals surface area contributed by atoms with Crippen molar-refractivity contribution in [1.82, 2.24) is 0 Å². The highest BCUT2D eigenvalue weighted by molar-refractivity contribution is 7.95. The number of rotatable bonds is 6. The van der Waals surface area contributed by atoms with Crippen molar-refractivity contribution in [2.75, 3.05) is 6.61 Å². The molecule has 1 amide bonds. The van der Waals surface area contributed by atoms with Crippen LogP contribution in [0.4, 0.5) is 0 Å². The number of nitrogens with two attached hydrogens (primary N) is 1. The summed E-state index contributed by atoms with van der Waals surface area (Å²) < 4.78 is 30.0. The van der Waals surface area contributed by atoms with Crippen molar-refractivity contribution in [3.05, 3.63) is 65.1 Å². The van der Waals surface area contributed by atoms with Gasteiger partial charge in [0.1, 0.15) is 16.7 Å². The van der Waals surface area contributed by atoms with Crippen molar-refractivity contribution in [3.63, 3.8) is 0 Å². The number of hydrogen-bond donors (Lipinski definition) is 1. The van der Waals surface area contributed by atoms with Crippen molar-refractivity contribution in [2.24, 2.45) is 5.73 Å². The minimum absolute atomic E-state index is 0.0548. The summed E-state index contributed by atoms with van der Waals surface area (Å²) in [6.07, 6.45) is 1.28. The van der Waals surface area contributed by atoms with E-state index >= 15 is 0 Å². The van der Waals surface area contributed by atoms with E-state index in [0.29, 0.717) is 11.3 Å². The number of sulfone groups is 1. The first-order valence-electron chi connectivity index (χ1n) is 6.86. The van der Waals surface area contributed by atoms with E-state index in [1.165, 1.54) is 18.2 Å². The maximum absolute atomic E-state index is 12.4. The SMILES string of the molecule is N#C/C(=C\c1ccc(OCC(N)=O)cc1)S(=O)(=O)c1ccccc1. The van der Waals surface area contributed by atoms with Crippen LogP contribution in [0.2, 0.25) is 0 Å². The van der Waals surface area contributed by atoms with Gasteiger partial charge >= 0.3 is 0 Å². The van der Waals surface area contributed by atoms with Crippen LogP contribution in [0.1, 0.15) is 5.56 Å². The van der Waals surface area contributed by atoms with Crippen LogP contribution < -0.4 is 10.5 Å². The predicted molar refractivity (Wildman–Crippen MR) is 88.3 cm³/mol. The summed E-state index contributed by atoms with van der Waals surface area (Å²) >= 11 is 0. The van der Waals surface area contributed by atoms with E-state index in [1.807, 2.05) is 0 Å². The number of amides is 1. The summed E-state index contributed by atoms with van der Waals surface area (Å²) in [5.74, 6) is -0.185. The fraction of sp³-hybridized carbons (Fsp3) is 0.0588. The zero-order valence-electron chi connectivity index (χ0n) is 12.5. The molecule has 122 valence electrons. The van der Waals surface area contributed by atoms with Gasteiger partial charge < -0.3 is 10.5 Å². The molecule has 0 aromatic heterocycles. The number of carbonyl (C=O) groups excluding carboxylic acids is 1. The minimum Gasteiger partial charge on any atom is -0.484 e. The lowest BCUT2D eigenvalue weighted by Crippen LogP contribution is -2.19. The molecule has 0 saturated carbocycles. The number of nitriles is 1. The fourth-order valence-electron chi connectivity index (χ4n) is 1.86. The molecule has 6 nitrogen and oxygen atoms in total. The van der Waals surface area contributed by atoms with Crippen molar-refractivity contribution in [2.45, 2.75) is 4.90 Å². The van der Waals surface area contributed by atoms with Gasteiger partial charge in [-0.2, -0.15) is 5.26 Å². The smallest absolute Gasteiger partial charge is 0.255 e. The largest absolute Gasteiger partial charge is 0.484 e. The molecule has 24 heavy (non-hydrogen) atoms. The van der Waals surface area contributed by atoms with Gasteiger partial charge in [-0.05, 0) is 35.9 Å². The summed E-state index contributed by atoms with van der Waals surface area (Å²) in [6.45, 7) is -0.249. The van der Waals surface area contributed by atoms with Crippen LogP contribution in [0.15, 0.2) is 64.4 Å². The van der Waals surface area contributed by atoms with Crippen molar-refractivity contribution in [3.8, 4) is 11.8 Å². The third kappa shape index (κ3) is 4.21. The van der Waals surface area contributed by atoms with Crippen LogP contribution >= 0.6 is 0 Å². The van der Waals surface area contributed by atoms with E-state index in [0.717, 1.165) is 0 Å². The van der Waals surface area contributed by atoms with Crippen LogP contribution in [0.25, 0.3) is 6.08 Å². The zero-order chi connectivity index (χ0) is 17.6. The van der Waals surface area contributed by atoms with E-state index in [4.69, 9.17) is 10.5 Å². The van der Waals surface area contributed by atoms with Crippen LogP contribution in [-0.4, -0.2) is 20.9 Å². The molecule has 0 bridgehead atoms. The molecule has 0 atom stereocenters. The molecule has 0 aliphatic rings. The number of nitrogens with zero attached hydrogens (tertiary/aromatic N) is 1. The molecule has 2 aromatic carbocycles. The normalized spacial score (nSPS) is 11.5. The fourth-order valence-corrected chi connectivity index (χ4v) is 3.04. The minimum atomic E-state index is -3.87. The Morgan fingerprint density at radius 1 is 1.12 bits per heavy atom. The van der Waals surface area contributed by atoms with Crippen molar-refractivity contribution in [1.29, 1.82) is 5.26 Å². The second-order valence-electron chi connectivity index (χ2n) is 4.76. The lowest BCUT2D eigenvalue weighted by Gasteiger charge is -2.05. The third-order valence-corrected chi connectivity index (χ3v) is 4.69. The maximum atomic E-state index is 12.4. The highest BCUT2D eigenvalue weighted by Crippen LogP contribution is 2.22. The van der Waals surface area contributed by atoms with Gasteiger partial charge in [-0.3, -0.25) is 4.79 Å². The number of primary amides is 1. The summed E-state index contributed by atoms with van der Waals surface area (Å²) in [6, 6.07) is 15.7. The predicted octanol–water partition coefficient (Wildman–Crippen LogP) is 1.89. The Labute approximate surface area is 139 Å². The molecule has 0 aliphatic heterocycles. The number of benzene rings is 2. The summed E-state index contributed by atoms with van der Waals surface area (Å²) in [7, 11) is -3.87. The topological polar surface area (TPSA) is 110 Å². The molecule has 0 heterocycles. The first-order valence-corrected chi connectivity index (χ1v) is 8.35. The van der Waals surface area contributed by atoms with Crippen LogP contribution in [0, 0.1) is 11.3 Å². The van der Waals surface area contributed by atoms with E-state index < -0.39 is 15.7 Å². The lowest BCUT2D eigenvalue weighted by molar-refractivity contribution is -0.119. The molecule has 2 aromatic rings. The lowest BCUT2D eigenvalue weighted by atomic mass is 10.2. The van der Waals surface area contributed by atoms with Crippen LogP contribution in [0.3, 0.4) is 0 Å². The molecule has 7 heteroatoms. The summed E-state index contributed by atoms with van der Waals surface area (Å²) in [5, 5.41) is 9.21. The second-order valence-corrected chi connectivity index (χ2v) is 6.68. The van der Waals surface area contributed by atoms with Gasteiger partial charge in [0.15, 0.2) is 6.61 Å². The van der Waals surface area contributed by atoms with Crippen LogP contribution in [-0.2, 0) is 14.6 Å². The number of carbonyl (C=O) groups is 1. The first kappa shape index (κ1) is 17.2. The first-order chi connectivity index (χ1) is 11.4. The number of hydrogen-bond acceptors (Lipinski definition) is 5. The van der Waals surface area contributed by atoms with Gasteiger partial charge in [0.25, 0.3) is 5.91 Å². The van der Waals surface area contributed by atoms with Gasteiger partial charge in [0.05, 0.1) is 4.90 Å². The molecular formula is C17H14N2O4S. The highest BCUT2D eigenvalue weighted by Gasteiger charge is 2.20. The monoisotopic (exact) mass is 342 g/mol. The highest BCUT2D eigenvalue weighted by atomic mass is 32.2. The molecule has 0 saturated heterocycles. The molecule has 0 radical (unpaired) electrons. The summed E-state index contributed by atoms with van der Waals surface area (Å²) in [5.41, 5.74) is 5.49. The molecular weight excluding hydrogens is 328 g/mol. The van der Waals surface area contributed by atoms with Gasteiger partial charge in [-0.15, -0.1) is 0 Å². The molecule has 2 rings (SSSR count). The second kappa shape index (κ2) is 7.44. The molecule has 2 N–H and O–H groups in total. The quantitative estimate of drug-likeness (QED) is 0.806. The van der Waals surface area contributed by atoms with E-state index in [-0.39, 0.29) is 16.4 Å². The summed E-state index contributed by atoms with van der Waals surface area (Å²) in [4.78, 5) is 10.3. The van der Waals surface area contributed by atoms with Gasteiger partial charge in [0, 0.05) is 0 Å². The Morgan fingerprint density at radius 2 is 1.75 bits per heavy atom. The van der Waals surface area contributed by atoms with Crippen LogP contribution in [0.5, 0.6) is 5.75 Å². The van der Waals surface area contributed by atoms with Gasteiger partial charge in [-0.25, -0.2) is 8.42 Å². The average molecular weight is 342 g/mol. The van der Waals surface area contributed by atoms with E-state index in [2.05, 4.69) is 0 Å². The van der Waals surface area contributed by atoms with Crippen molar-refractivity contribution >= 4 is 21.8 Å². The van der Waals surface area contributed by atoms with Gasteiger partial charge in [-0.1, -0.05) is 30.3 Å². The number of ether oxygens (including phenoxy) is 1. The van der Waals surface area contributed by atoms with Crippen molar-refractivity contribution < 1.29 is 17.9 Å². The Balaban J connectivity index is 2.28. The standard InChI is InChI=1S/C17H14N2O4S/c18-11-16(24(21,22)15-4-2-1-3-5-15)10-13-6-8-14(9-7-13)23-12-17(19)20/h1-10H,12H2,(H2,19,20)/b16-10+. The number of allylic oxidation sites excluding steroid dienone is 1. The van der Waals surface area contributed by atoms with E-state index in [9.17, 15) is 18.5 Å².